The average Bonchev–Trinajstić information content (AvgIpc) is 3.15. The number of hydrogen-bond acceptors (Lipinski definition) is 4. The lowest BCUT2D eigenvalue weighted by molar-refractivity contribution is -0.898. The molecule has 0 radical (unpaired) electrons. The Morgan fingerprint density at radius 3 is 2.65 bits per heavy atom. The third-order valence-electron chi connectivity index (χ3n) is 4.59. The van der Waals surface area contributed by atoms with E-state index in [0.717, 1.165) is 40.5 Å². The summed E-state index contributed by atoms with van der Waals surface area (Å²) in [5, 5.41) is 3.24. The molecule has 0 spiro atoms. The Morgan fingerprint density at radius 2 is 1.91 bits per heavy atom. The summed E-state index contributed by atoms with van der Waals surface area (Å²) in [6, 6.07) is 12.5. The van der Waals surface area contributed by atoms with Crippen molar-refractivity contribution < 1.29 is 4.90 Å². The van der Waals surface area contributed by atoms with Crippen LogP contribution in [0, 0.1) is 0 Å². The van der Waals surface area contributed by atoms with Gasteiger partial charge in [0.05, 0.1) is 43.1 Å². The molecule has 3 heterocycles. The highest BCUT2D eigenvalue weighted by Crippen LogP contribution is 2.29. The number of likely N-dealkylation sites (N-methyl/N-ethyl adjacent to an activating group) is 1. The van der Waals surface area contributed by atoms with Crippen LogP contribution in [0.3, 0.4) is 0 Å². The molecule has 0 aliphatic carbocycles. The van der Waals surface area contributed by atoms with Gasteiger partial charge in [-0.1, -0.05) is 18.2 Å². The highest BCUT2D eigenvalue weighted by Gasteiger charge is 2.22. The van der Waals surface area contributed by atoms with Crippen molar-refractivity contribution in [2.24, 2.45) is 0 Å². The van der Waals surface area contributed by atoms with E-state index in [1.165, 1.54) is 19.6 Å². The third-order valence-corrected chi connectivity index (χ3v) is 5.46. The number of fused-ring (bicyclic) bond motifs is 1. The maximum Gasteiger partial charge on any atom is 0.172 e. The molecule has 2 aromatic heterocycles. The number of quaternary nitrogens is 1. The molecule has 1 saturated heterocycles. The van der Waals surface area contributed by atoms with Gasteiger partial charge in [-0.15, -0.1) is 11.3 Å². The summed E-state index contributed by atoms with van der Waals surface area (Å²) >= 11 is 1.70. The lowest BCUT2D eigenvalue weighted by atomic mass is 10.2. The lowest BCUT2D eigenvalue weighted by Gasteiger charge is -2.33. The molecule has 1 aliphatic rings. The van der Waals surface area contributed by atoms with Crippen LogP contribution in [0.2, 0.25) is 0 Å². The van der Waals surface area contributed by atoms with Crippen molar-refractivity contribution >= 4 is 28.1 Å². The molecule has 3 aromatic rings. The van der Waals surface area contributed by atoms with Gasteiger partial charge in [0.25, 0.3) is 0 Å². The van der Waals surface area contributed by atoms with E-state index >= 15 is 0 Å². The standard InChI is InChI=1S/C18H20N4S/c1-2-21-9-11-22(12-10-21)18-14-6-3-4-7-15(14)19-17(20-18)16-8-5-13-23-16/h3-8,13H,2,9-12H2,1H3/p+1. The quantitative estimate of drug-likeness (QED) is 0.800. The smallest absolute Gasteiger partial charge is 0.172 e. The van der Waals surface area contributed by atoms with Crippen LogP contribution >= 0.6 is 11.3 Å². The number of piperazine rings is 1. The minimum atomic E-state index is 0.846. The molecule has 0 amide bonds. The summed E-state index contributed by atoms with van der Waals surface area (Å²) in [6.07, 6.45) is 0. The number of thiophene rings is 1. The van der Waals surface area contributed by atoms with Crippen LogP contribution in [0.25, 0.3) is 21.6 Å². The van der Waals surface area contributed by atoms with Gasteiger partial charge >= 0.3 is 0 Å². The Hall–Kier alpha value is -1.98. The van der Waals surface area contributed by atoms with E-state index in [0.29, 0.717) is 0 Å². The van der Waals surface area contributed by atoms with Crippen LogP contribution in [-0.4, -0.2) is 42.7 Å². The first-order chi connectivity index (χ1) is 11.3. The van der Waals surface area contributed by atoms with Crippen LogP contribution in [-0.2, 0) is 0 Å². The van der Waals surface area contributed by atoms with E-state index in [4.69, 9.17) is 9.97 Å². The average molecular weight is 325 g/mol. The lowest BCUT2D eigenvalue weighted by Crippen LogP contribution is -3.14. The van der Waals surface area contributed by atoms with E-state index in [-0.39, 0.29) is 0 Å². The second kappa shape index (κ2) is 6.26. The van der Waals surface area contributed by atoms with Crippen LogP contribution in [0.15, 0.2) is 41.8 Å². The predicted molar refractivity (Wildman–Crippen MR) is 96.3 cm³/mol. The van der Waals surface area contributed by atoms with Gasteiger partial charge in [0.2, 0.25) is 0 Å². The number of hydrogen-bond donors (Lipinski definition) is 1. The SMILES string of the molecule is CC[NH+]1CCN(c2nc(-c3cccs3)nc3ccccc23)CC1. The van der Waals surface area contributed by atoms with E-state index in [1.54, 1.807) is 16.2 Å². The van der Waals surface area contributed by atoms with Gasteiger partial charge in [0.15, 0.2) is 5.82 Å². The van der Waals surface area contributed by atoms with Crippen molar-refractivity contribution in [2.45, 2.75) is 6.92 Å². The van der Waals surface area contributed by atoms with Gasteiger partial charge in [-0.05, 0) is 30.5 Å². The first-order valence-corrected chi connectivity index (χ1v) is 9.12. The Labute approximate surface area is 140 Å². The van der Waals surface area contributed by atoms with Crippen LogP contribution < -0.4 is 9.80 Å². The van der Waals surface area contributed by atoms with Gasteiger partial charge in [0.1, 0.15) is 5.82 Å². The summed E-state index contributed by atoms with van der Waals surface area (Å²) < 4.78 is 0. The van der Waals surface area contributed by atoms with E-state index in [1.807, 2.05) is 0 Å². The topological polar surface area (TPSA) is 33.5 Å². The summed E-state index contributed by atoms with van der Waals surface area (Å²) in [5.41, 5.74) is 1.03. The molecule has 0 atom stereocenters. The van der Waals surface area contributed by atoms with Crippen molar-refractivity contribution in [3.8, 4) is 10.7 Å². The maximum atomic E-state index is 4.93. The Kier molecular flexibility index (Phi) is 3.97. The highest BCUT2D eigenvalue weighted by molar-refractivity contribution is 7.13. The second-order valence-electron chi connectivity index (χ2n) is 5.96. The molecule has 1 N–H and O–H groups in total. The number of benzene rings is 1. The molecule has 0 bridgehead atoms. The molecular weight excluding hydrogens is 304 g/mol. The fourth-order valence-electron chi connectivity index (χ4n) is 3.21. The minimum absolute atomic E-state index is 0.846. The zero-order chi connectivity index (χ0) is 15.6. The summed E-state index contributed by atoms with van der Waals surface area (Å²) in [6.45, 7) is 7.97. The largest absolute Gasteiger partial charge is 0.345 e. The van der Waals surface area contributed by atoms with Gasteiger partial charge in [-0.2, -0.15) is 0 Å². The van der Waals surface area contributed by atoms with Crippen LogP contribution in [0.5, 0.6) is 0 Å². The van der Waals surface area contributed by atoms with E-state index in [9.17, 15) is 0 Å². The maximum absolute atomic E-state index is 4.93. The Bertz CT molecular complexity index is 792. The van der Waals surface area contributed by atoms with Crippen molar-refractivity contribution in [2.75, 3.05) is 37.6 Å². The van der Waals surface area contributed by atoms with E-state index < -0.39 is 0 Å². The molecule has 4 rings (SSSR count). The van der Waals surface area contributed by atoms with Gasteiger partial charge in [-0.3, -0.25) is 0 Å². The number of anilines is 1. The molecular formula is C18H21N4S+. The summed E-state index contributed by atoms with van der Waals surface area (Å²) in [5.74, 6) is 1.94. The monoisotopic (exact) mass is 325 g/mol. The first-order valence-electron chi connectivity index (χ1n) is 8.24. The van der Waals surface area contributed by atoms with Gasteiger partial charge in [-0.25, -0.2) is 9.97 Å². The molecule has 5 heteroatoms. The molecule has 0 saturated carbocycles. The fourth-order valence-corrected chi connectivity index (χ4v) is 3.86. The predicted octanol–water partition coefficient (Wildman–Crippen LogP) is 2.08. The van der Waals surface area contributed by atoms with Gasteiger partial charge < -0.3 is 9.80 Å². The molecule has 0 unspecified atom stereocenters. The van der Waals surface area contributed by atoms with Crippen molar-refractivity contribution in [3.63, 3.8) is 0 Å². The number of para-hydroxylation sites is 1. The minimum Gasteiger partial charge on any atom is -0.345 e. The number of rotatable bonds is 3. The molecule has 118 valence electrons. The molecule has 1 fully saturated rings. The number of nitrogens with zero attached hydrogens (tertiary/aromatic N) is 3. The second-order valence-corrected chi connectivity index (χ2v) is 6.90. The number of aromatic nitrogens is 2. The first kappa shape index (κ1) is 14.6. The zero-order valence-electron chi connectivity index (χ0n) is 13.3. The normalized spacial score (nSPS) is 16.1. The van der Waals surface area contributed by atoms with Gasteiger partial charge in [0, 0.05) is 5.39 Å². The van der Waals surface area contributed by atoms with Crippen LogP contribution in [0.4, 0.5) is 5.82 Å². The van der Waals surface area contributed by atoms with E-state index in [2.05, 4.69) is 53.6 Å². The molecule has 4 nitrogen and oxygen atoms in total. The Morgan fingerprint density at radius 1 is 1.09 bits per heavy atom. The van der Waals surface area contributed by atoms with Crippen molar-refractivity contribution in [1.82, 2.24) is 9.97 Å². The third kappa shape index (κ3) is 2.82. The zero-order valence-corrected chi connectivity index (χ0v) is 14.1. The van der Waals surface area contributed by atoms with Crippen molar-refractivity contribution in [3.05, 3.63) is 41.8 Å². The van der Waals surface area contributed by atoms with Crippen LogP contribution in [0.1, 0.15) is 6.92 Å². The molecule has 1 aromatic carbocycles. The number of nitrogens with one attached hydrogen (secondary N) is 1. The highest BCUT2D eigenvalue weighted by atomic mass is 32.1. The Balaban J connectivity index is 1.78. The summed E-state index contributed by atoms with van der Waals surface area (Å²) in [4.78, 5) is 14.9. The van der Waals surface area contributed by atoms with Crippen molar-refractivity contribution in [1.29, 1.82) is 0 Å². The molecule has 1 aliphatic heterocycles. The fraction of sp³-hybridized carbons (Fsp3) is 0.333. The summed E-state index contributed by atoms with van der Waals surface area (Å²) in [7, 11) is 0. The molecule has 23 heavy (non-hydrogen) atoms.